The Bertz CT molecular complexity index is 352. The quantitative estimate of drug-likeness (QED) is 0.796. The van der Waals surface area contributed by atoms with Crippen LogP contribution in [-0.4, -0.2) is 12.7 Å². The minimum absolute atomic E-state index is 0.293. The predicted molar refractivity (Wildman–Crippen MR) is 45.7 cm³/mol. The maximum atomic E-state index is 11.8. The normalized spacial score (nSPS) is 10.7. The molecule has 0 atom stereocenters. The summed E-state index contributed by atoms with van der Waals surface area (Å²) in [6, 6.07) is 7.74. The summed E-state index contributed by atoms with van der Waals surface area (Å²) in [4.78, 5) is 0. The number of hydrogen-bond donors (Lipinski definition) is 1. The second-order valence-electron chi connectivity index (χ2n) is 2.66. The molecule has 74 valence electrons. The Kier molecular flexibility index (Phi) is 2.97. The van der Waals surface area contributed by atoms with Crippen LogP contribution >= 0.6 is 0 Å². The van der Waals surface area contributed by atoms with Gasteiger partial charge in [-0.15, -0.1) is 0 Å². The molecule has 14 heavy (non-hydrogen) atoms. The molecular weight excluding hydrogens is 193 g/mol. The lowest BCUT2D eigenvalue weighted by Crippen LogP contribution is -2.21. The van der Waals surface area contributed by atoms with Crippen LogP contribution < -0.4 is 5.32 Å². The summed E-state index contributed by atoms with van der Waals surface area (Å²) < 4.78 is 35.4. The summed E-state index contributed by atoms with van der Waals surface area (Å²) in [7, 11) is 0. The highest BCUT2D eigenvalue weighted by atomic mass is 19.4. The van der Waals surface area contributed by atoms with Crippen molar-refractivity contribution in [3.63, 3.8) is 0 Å². The van der Waals surface area contributed by atoms with Gasteiger partial charge < -0.3 is 5.32 Å². The molecular formula is C9H7F3N2. The highest BCUT2D eigenvalue weighted by Gasteiger charge is 2.26. The van der Waals surface area contributed by atoms with E-state index in [0.717, 1.165) is 0 Å². The molecule has 1 aromatic rings. The molecule has 0 aliphatic rings. The second kappa shape index (κ2) is 4.01. The molecule has 0 bridgehead atoms. The summed E-state index contributed by atoms with van der Waals surface area (Å²) in [5, 5.41) is 10.7. The molecule has 0 unspecified atom stereocenters. The third-order valence-electron chi connectivity index (χ3n) is 1.48. The molecule has 0 heterocycles. The molecule has 0 spiro atoms. The van der Waals surface area contributed by atoms with E-state index in [1.807, 2.05) is 6.07 Å². The van der Waals surface area contributed by atoms with E-state index in [9.17, 15) is 13.2 Å². The van der Waals surface area contributed by atoms with Crippen molar-refractivity contribution in [1.82, 2.24) is 0 Å². The lowest BCUT2D eigenvalue weighted by molar-refractivity contribution is -0.115. The SMILES string of the molecule is N#Cc1cccc(NCC(F)(F)F)c1. The van der Waals surface area contributed by atoms with Gasteiger partial charge in [0.25, 0.3) is 0 Å². The molecule has 0 aliphatic heterocycles. The fourth-order valence-corrected chi connectivity index (χ4v) is 0.901. The van der Waals surface area contributed by atoms with E-state index < -0.39 is 12.7 Å². The average molecular weight is 200 g/mol. The van der Waals surface area contributed by atoms with Gasteiger partial charge in [0, 0.05) is 5.69 Å². The molecule has 1 N–H and O–H groups in total. The number of benzene rings is 1. The number of alkyl halides is 3. The summed E-state index contributed by atoms with van der Waals surface area (Å²) in [6.07, 6.45) is -4.25. The van der Waals surface area contributed by atoms with Gasteiger partial charge in [0.15, 0.2) is 0 Å². The van der Waals surface area contributed by atoms with Crippen LogP contribution in [0.25, 0.3) is 0 Å². The van der Waals surface area contributed by atoms with Gasteiger partial charge in [0.05, 0.1) is 11.6 Å². The summed E-state index contributed by atoms with van der Waals surface area (Å²) in [5.74, 6) is 0. The smallest absolute Gasteiger partial charge is 0.376 e. The molecule has 1 aromatic carbocycles. The van der Waals surface area contributed by atoms with Crippen LogP contribution in [0.4, 0.5) is 18.9 Å². The number of rotatable bonds is 2. The average Bonchev–Trinajstić information content (AvgIpc) is 2.14. The molecule has 5 heteroatoms. The fourth-order valence-electron chi connectivity index (χ4n) is 0.901. The van der Waals surface area contributed by atoms with Crippen molar-refractivity contribution in [2.45, 2.75) is 6.18 Å². The van der Waals surface area contributed by atoms with Gasteiger partial charge in [-0.05, 0) is 18.2 Å². The van der Waals surface area contributed by atoms with E-state index in [1.54, 1.807) is 0 Å². The van der Waals surface area contributed by atoms with Crippen molar-refractivity contribution in [2.24, 2.45) is 0 Å². The zero-order valence-electron chi connectivity index (χ0n) is 7.10. The number of nitriles is 1. The van der Waals surface area contributed by atoms with E-state index in [0.29, 0.717) is 11.3 Å². The van der Waals surface area contributed by atoms with Crippen LogP contribution in [0.3, 0.4) is 0 Å². The first-order chi connectivity index (χ1) is 6.51. The molecule has 0 saturated carbocycles. The first-order valence-corrected chi connectivity index (χ1v) is 3.82. The number of anilines is 1. The highest BCUT2D eigenvalue weighted by molar-refractivity contribution is 5.49. The molecule has 0 amide bonds. The van der Waals surface area contributed by atoms with Crippen molar-refractivity contribution >= 4 is 5.69 Å². The molecule has 0 saturated heterocycles. The Morgan fingerprint density at radius 3 is 2.64 bits per heavy atom. The third kappa shape index (κ3) is 3.35. The first kappa shape index (κ1) is 10.4. The van der Waals surface area contributed by atoms with E-state index >= 15 is 0 Å². The van der Waals surface area contributed by atoms with Crippen LogP contribution in [0.2, 0.25) is 0 Å². The largest absolute Gasteiger partial charge is 0.405 e. The monoisotopic (exact) mass is 200 g/mol. The molecule has 0 aliphatic carbocycles. The van der Waals surface area contributed by atoms with E-state index in [2.05, 4.69) is 5.32 Å². The maximum absolute atomic E-state index is 11.8. The van der Waals surface area contributed by atoms with E-state index in [1.165, 1.54) is 24.3 Å². The molecule has 0 aromatic heterocycles. The number of nitrogens with zero attached hydrogens (tertiary/aromatic N) is 1. The molecule has 2 nitrogen and oxygen atoms in total. The first-order valence-electron chi connectivity index (χ1n) is 3.82. The molecule has 0 radical (unpaired) electrons. The topological polar surface area (TPSA) is 35.8 Å². The summed E-state index contributed by atoms with van der Waals surface area (Å²) >= 11 is 0. The lowest BCUT2D eigenvalue weighted by Gasteiger charge is -2.09. The van der Waals surface area contributed by atoms with Crippen molar-refractivity contribution in [3.8, 4) is 6.07 Å². The van der Waals surface area contributed by atoms with Gasteiger partial charge in [-0.3, -0.25) is 0 Å². The Balaban J connectivity index is 2.65. The van der Waals surface area contributed by atoms with Crippen molar-refractivity contribution in [2.75, 3.05) is 11.9 Å². The standard InChI is InChI=1S/C9H7F3N2/c10-9(11,12)6-14-8-3-1-2-7(4-8)5-13/h1-4,14H,6H2. The summed E-state index contributed by atoms with van der Waals surface area (Å²) in [5.41, 5.74) is 0.624. The Labute approximate surface area is 79.0 Å². The minimum Gasteiger partial charge on any atom is -0.376 e. The van der Waals surface area contributed by atoms with E-state index in [-0.39, 0.29) is 0 Å². The summed E-state index contributed by atoms with van der Waals surface area (Å²) in [6.45, 7) is -1.10. The predicted octanol–water partition coefficient (Wildman–Crippen LogP) is 2.53. The molecule has 0 fully saturated rings. The highest BCUT2D eigenvalue weighted by Crippen LogP contribution is 2.16. The third-order valence-corrected chi connectivity index (χ3v) is 1.48. The second-order valence-corrected chi connectivity index (χ2v) is 2.66. The fraction of sp³-hybridized carbons (Fsp3) is 0.222. The van der Waals surface area contributed by atoms with Gasteiger partial charge in [0.1, 0.15) is 6.54 Å². The van der Waals surface area contributed by atoms with Crippen LogP contribution in [0.5, 0.6) is 0 Å². The van der Waals surface area contributed by atoms with Crippen LogP contribution in [-0.2, 0) is 0 Å². The number of hydrogen-bond acceptors (Lipinski definition) is 2. The van der Waals surface area contributed by atoms with Crippen LogP contribution in [0.15, 0.2) is 24.3 Å². The van der Waals surface area contributed by atoms with Crippen LogP contribution in [0.1, 0.15) is 5.56 Å². The lowest BCUT2D eigenvalue weighted by atomic mass is 10.2. The minimum atomic E-state index is -4.25. The van der Waals surface area contributed by atoms with Gasteiger partial charge in [-0.25, -0.2) is 0 Å². The zero-order valence-corrected chi connectivity index (χ0v) is 7.10. The molecule has 1 rings (SSSR count). The Morgan fingerprint density at radius 1 is 1.36 bits per heavy atom. The van der Waals surface area contributed by atoms with Gasteiger partial charge >= 0.3 is 6.18 Å². The van der Waals surface area contributed by atoms with Crippen molar-refractivity contribution < 1.29 is 13.2 Å². The Morgan fingerprint density at radius 2 is 2.07 bits per heavy atom. The van der Waals surface area contributed by atoms with Crippen molar-refractivity contribution in [1.29, 1.82) is 5.26 Å². The number of nitrogens with one attached hydrogen (secondary N) is 1. The van der Waals surface area contributed by atoms with Crippen molar-refractivity contribution in [3.05, 3.63) is 29.8 Å². The van der Waals surface area contributed by atoms with Gasteiger partial charge in [-0.1, -0.05) is 6.07 Å². The van der Waals surface area contributed by atoms with E-state index in [4.69, 9.17) is 5.26 Å². The van der Waals surface area contributed by atoms with Gasteiger partial charge in [0.2, 0.25) is 0 Å². The van der Waals surface area contributed by atoms with Gasteiger partial charge in [-0.2, -0.15) is 18.4 Å². The maximum Gasteiger partial charge on any atom is 0.405 e. The van der Waals surface area contributed by atoms with Crippen LogP contribution in [0, 0.1) is 11.3 Å². The number of halogens is 3. The zero-order chi connectivity index (χ0) is 10.6. The Hall–Kier alpha value is -1.70.